The fourth-order valence-electron chi connectivity index (χ4n) is 1.99. The normalized spacial score (nSPS) is 11.0. The minimum absolute atomic E-state index is 0.207. The SMILES string of the molecule is CC(C)(c1ccc(F)cc1)c1ccc(C#N)cc1. The topological polar surface area (TPSA) is 23.8 Å². The minimum atomic E-state index is -0.227. The highest BCUT2D eigenvalue weighted by Crippen LogP contribution is 2.31. The van der Waals surface area contributed by atoms with Gasteiger partial charge in [0.15, 0.2) is 0 Å². The van der Waals surface area contributed by atoms with E-state index >= 15 is 0 Å². The smallest absolute Gasteiger partial charge is 0.123 e. The summed E-state index contributed by atoms with van der Waals surface area (Å²) in [5.74, 6) is -0.227. The predicted octanol–water partition coefficient (Wildman–Crippen LogP) is 4.02. The van der Waals surface area contributed by atoms with Gasteiger partial charge in [0.25, 0.3) is 0 Å². The lowest BCUT2D eigenvalue weighted by Gasteiger charge is -2.26. The highest BCUT2D eigenvalue weighted by atomic mass is 19.1. The Labute approximate surface area is 107 Å². The van der Waals surface area contributed by atoms with E-state index in [4.69, 9.17) is 5.26 Å². The van der Waals surface area contributed by atoms with Crippen LogP contribution in [0.3, 0.4) is 0 Å². The molecule has 0 aliphatic rings. The van der Waals surface area contributed by atoms with E-state index in [2.05, 4.69) is 19.9 Å². The first-order valence-electron chi connectivity index (χ1n) is 5.81. The van der Waals surface area contributed by atoms with Crippen LogP contribution in [-0.2, 0) is 5.41 Å². The van der Waals surface area contributed by atoms with Crippen LogP contribution in [0.5, 0.6) is 0 Å². The van der Waals surface area contributed by atoms with E-state index in [1.807, 2.05) is 12.1 Å². The third-order valence-corrected chi connectivity index (χ3v) is 3.30. The van der Waals surface area contributed by atoms with Crippen molar-refractivity contribution in [3.8, 4) is 6.07 Å². The number of hydrogen-bond donors (Lipinski definition) is 0. The molecule has 0 aromatic heterocycles. The molecule has 0 aliphatic heterocycles. The summed E-state index contributed by atoms with van der Waals surface area (Å²) in [4.78, 5) is 0. The molecule has 1 nitrogen and oxygen atoms in total. The first-order chi connectivity index (χ1) is 8.54. The van der Waals surface area contributed by atoms with E-state index in [0.717, 1.165) is 11.1 Å². The summed E-state index contributed by atoms with van der Waals surface area (Å²) in [7, 11) is 0. The summed E-state index contributed by atoms with van der Waals surface area (Å²) in [5.41, 5.74) is 2.59. The van der Waals surface area contributed by atoms with Gasteiger partial charge in [-0.05, 0) is 35.4 Å². The monoisotopic (exact) mass is 239 g/mol. The Balaban J connectivity index is 2.40. The van der Waals surface area contributed by atoms with Crippen LogP contribution in [-0.4, -0.2) is 0 Å². The van der Waals surface area contributed by atoms with E-state index in [-0.39, 0.29) is 11.2 Å². The highest BCUT2D eigenvalue weighted by molar-refractivity contribution is 5.40. The predicted molar refractivity (Wildman–Crippen MR) is 69.7 cm³/mol. The van der Waals surface area contributed by atoms with Crippen LogP contribution in [0.25, 0.3) is 0 Å². The molecule has 0 N–H and O–H groups in total. The lowest BCUT2D eigenvalue weighted by atomic mass is 9.78. The van der Waals surface area contributed by atoms with Crippen LogP contribution < -0.4 is 0 Å². The van der Waals surface area contributed by atoms with Crippen molar-refractivity contribution in [3.05, 3.63) is 71.0 Å². The maximum atomic E-state index is 12.9. The van der Waals surface area contributed by atoms with Gasteiger partial charge in [0.1, 0.15) is 5.82 Å². The summed E-state index contributed by atoms with van der Waals surface area (Å²) in [6.45, 7) is 4.17. The van der Waals surface area contributed by atoms with Gasteiger partial charge in [-0.25, -0.2) is 4.39 Å². The Hall–Kier alpha value is -2.14. The molecular weight excluding hydrogens is 225 g/mol. The van der Waals surface area contributed by atoms with Crippen molar-refractivity contribution in [2.24, 2.45) is 0 Å². The van der Waals surface area contributed by atoms with Crippen molar-refractivity contribution >= 4 is 0 Å². The zero-order valence-corrected chi connectivity index (χ0v) is 10.4. The molecule has 0 heterocycles. The molecule has 2 heteroatoms. The van der Waals surface area contributed by atoms with Crippen LogP contribution in [0.2, 0.25) is 0 Å². The quantitative estimate of drug-likeness (QED) is 0.776. The van der Waals surface area contributed by atoms with E-state index in [1.165, 1.54) is 12.1 Å². The molecule has 0 unspecified atom stereocenters. The molecule has 0 amide bonds. The van der Waals surface area contributed by atoms with Crippen molar-refractivity contribution in [1.82, 2.24) is 0 Å². The van der Waals surface area contributed by atoms with E-state index in [9.17, 15) is 4.39 Å². The fourth-order valence-corrected chi connectivity index (χ4v) is 1.99. The second-order valence-electron chi connectivity index (χ2n) is 4.82. The number of benzene rings is 2. The molecule has 2 aromatic rings. The van der Waals surface area contributed by atoms with Gasteiger partial charge in [-0.1, -0.05) is 38.1 Å². The molecule has 2 rings (SSSR count). The average Bonchev–Trinajstić information content (AvgIpc) is 2.39. The number of nitriles is 1. The summed E-state index contributed by atoms with van der Waals surface area (Å²) in [6.07, 6.45) is 0. The maximum absolute atomic E-state index is 12.9. The second kappa shape index (κ2) is 4.62. The van der Waals surface area contributed by atoms with Gasteiger partial charge in [-0.15, -0.1) is 0 Å². The molecule has 18 heavy (non-hydrogen) atoms. The lowest BCUT2D eigenvalue weighted by Crippen LogP contribution is -2.18. The van der Waals surface area contributed by atoms with Gasteiger partial charge in [-0.2, -0.15) is 5.26 Å². The van der Waals surface area contributed by atoms with Crippen molar-refractivity contribution < 1.29 is 4.39 Å². The van der Waals surface area contributed by atoms with Crippen LogP contribution in [0, 0.1) is 17.1 Å². The third kappa shape index (κ3) is 2.26. The van der Waals surface area contributed by atoms with Crippen molar-refractivity contribution in [3.63, 3.8) is 0 Å². The van der Waals surface area contributed by atoms with Gasteiger partial charge < -0.3 is 0 Å². The Kier molecular flexibility index (Phi) is 3.16. The van der Waals surface area contributed by atoms with Crippen LogP contribution >= 0.6 is 0 Å². The number of halogens is 1. The molecule has 0 aliphatic carbocycles. The zero-order chi connectivity index (χ0) is 13.2. The van der Waals surface area contributed by atoms with Gasteiger partial charge in [0, 0.05) is 5.41 Å². The molecule has 0 bridgehead atoms. The van der Waals surface area contributed by atoms with Crippen LogP contribution in [0.15, 0.2) is 48.5 Å². The van der Waals surface area contributed by atoms with Gasteiger partial charge in [0.2, 0.25) is 0 Å². The Morgan fingerprint density at radius 3 is 1.78 bits per heavy atom. The van der Waals surface area contributed by atoms with E-state index < -0.39 is 0 Å². The highest BCUT2D eigenvalue weighted by Gasteiger charge is 2.22. The van der Waals surface area contributed by atoms with Crippen molar-refractivity contribution in [2.75, 3.05) is 0 Å². The third-order valence-electron chi connectivity index (χ3n) is 3.30. The summed E-state index contributed by atoms with van der Waals surface area (Å²) in [6, 6.07) is 16.2. The molecule has 90 valence electrons. The molecular formula is C16H14FN. The summed E-state index contributed by atoms with van der Waals surface area (Å²) in [5, 5.41) is 8.79. The molecule has 0 saturated heterocycles. The molecule has 0 spiro atoms. The number of rotatable bonds is 2. The van der Waals surface area contributed by atoms with Gasteiger partial charge in [-0.3, -0.25) is 0 Å². The molecule has 0 atom stereocenters. The van der Waals surface area contributed by atoms with E-state index in [0.29, 0.717) is 5.56 Å². The number of hydrogen-bond acceptors (Lipinski definition) is 1. The minimum Gasteiger partial charge on any atom is -0.207 e. The molecule has 0 saturated carbocycles. The first kappa shape index (κ1) is 12.3. The van der Waals surface area contributed by atoms with Gasteiger partial charge >= 0.3 is 0 Å². The zero-order valence-electron chi connectivity index (χ0n) is 10.4. The van der Waals surface area contributed by atoms with Crippen molar-refractivity contribution in [1.29, 1.82) is 5.26 Å². The Bertz CT molecular complexity index is 574. The fraction of sp³-hybridized carbons (Fsp3) is 0.188. The standard InChI is InChI=1S/C16H14FN/c1-16(2,14-7-9-15(17)10-8-14)13-5-3-12(11-18)4-6-13/h3-10H,1-2H3. The second-order valence-corrected chi connectivity index (χ2v) is 4.82. The van der Waals surface area contributed by atoms with Crippen LogP contribution in [0.1, 0.15) is 30.5 Å². The Morgan fingerprint density at radius 1 is 0.889 bits per heavy atom. The number of nitrogens with zero attached hydrogens (tertiary/aromatic N) is 1. The lowest BCUT2D eigenvalue weighted by molar-refractivity contribution is 0.614. The molecule has 2 aromatic carbocycles. The molecule has 0 radical (unpaired) electrons. The largest absolute Gasteiger partial charge is 0.207 e. The average molecular weight is 239 g/mol. The molecule has 0 fully saturated rings. The summed E-state index contributed by atoms with van der Waals surface area (Å²) >= 11 is 0. The maximum Gasteiger partial charge on any atom is 0.123 e. The van der Waals surface area contributed by atoms with Crippen molar-refractivity contribution in [2.45, 2.75) is 19.3 Å². The first-order valence-corrected chi connectivity index (χ1v) is 5.81. The summed E-state index contributed by atoms with van der Waals surface area (Å²) < 4.78 is 12.9. The van der Waals surface area contributed by atoms with E-state index in [1.54, 1.807) is 24.3 Å². The van der Waals surface area contributed by atoms with Gasteiger partial charge in [0.05, 0.1) is 11.6 Å². The Morgan fingerprint density at radius 2 is 1.33 bits per heavy atom. The van der Waals surface area contributed by atoms with Crippen LogP contribution in [0.4, 0.5) is 4.39 Å².